The molecule has 4 rings (SSSR count). The maximum absolute atomic E-state index is 12.5. The molecule has 136 valence electrons. The van der Waals surface area contributed by atoms with E-state index in [9.17, 15) is 4.79 Å². The first-order valence-electron chi connectivity index (χ1n) is 8.72. The van der Waals surface area contributed by atoms with E-state index in [1.54, 1.807) is 6.07 Å². The van der Waals surface area contributed by atoms with E-state index < -0.39 is 0 Å². The summed E-state index contributed by atoms with van der Waals surface area (Å²) in [7, 11) is 0. The number of rotatable bonds is 4. The number of nitrogens with one attached hydrogen (secondary N) is 1. The van der Waals surface area contributed by atoms with Crippen molar-refractivity contribution in [1.29, 1.82) is 0 Å². The topological polar surface area (TPSA) is 47.6 Å². The van der Waals surface area contributed by atoms with Gasteiger partial charge in [-0.05, 0) is 32.6 Å². The lowest BCUT2D eigenvalue weighted by molar-refractivity contribution is -0.115. The van der Waals surface area contributed by atoms with Gasteiger partial charge in [0.15, 0.2) is 11.5 Å². The monoisotopic (exact) mass is 423 g/mol. The highest BCUT2D eigenvalue weighted by molar-refractivity contribution is 9.10. The van der Waals surface area contributed by atoms with Crippen LogP contribution >= 0.6 is 15.9 Å². The zero-order valence-corrected chi connectivity index (χ0v) is 16.2. The van der Waals surface area contributed by atoms with Crippen molar-refractivity contribution in [1.82, 2.24) is 0 Å². The smallest absolute Gasteiger partial charge is 0.228 e. The minimum absolute atomic E-state index is 0.0835. The average molecular weight is 424 g/mol. The number of hydrogen-bond acceptors (Lipinski definition) is 3. The van der Waals surface area contributed by atoms with Crippen LogP contribution in [0.5, 0.6) is 11.5 Å². The van der Waals surface area contributed by atoms with Crippen LogP contribution in [0.2, 0.25) is 0 Å². The molecule has 0 atom stereocenters. The number of amides is 1. The fourth-order valence-corrected chi connectivity index (χ4v) is 3.41. The second-order valence-corrected chi connectivity index (χ2v) is 7.12. The summed E-state index contributed by atoms with van der Waals surface area (Å²) in [5, 5.41) is 2.93. The number of carbonyl (C=O) groups is 1. The Balaban J connectivity index is 1.44. The molecule has 1 N–H and O–H groups in total. The minimum Gasteiger partial charge on any atom is -0.486 e. The Morgan fingerprint density at radius 3 is 2.22 bits per heavy atom. The van der Waals surface area contributed by atoms with Crippen LogP contribution < -0.4 is 14.8 Å². The van der Waals surface area contributed by atoms with Gasteiger partial charge in [-0.1, -0.05) is 54.6 Å². The highest BCUT2D eigenvalue weighted by atomic mass is 79.9. The number of carbonyl (C=O) groups excluding carboxylic acids is 1. The summed E-state index contributed by atoms with van der Waals surface area (Å²) < 4.78 is 11.9. The molecule has 0 unspecified atom stereocenters. The zero-order chi connectivity index (χ0) is 18.6. The summed E-state index contributed by atoms with van der Waals surface area (Å²) in [6, 6.07) is 21.8. The standard InChI is InChI=1S/C22H18BrNO3/c23-18-13-20-21(27-11-10-26-20)14-19(18)24-22(25)12-15-6-8-17(9-7-15)16-4-2-1-3-5-16/h1-9,13-14H,10-12H2,(H,24,25). The molecule has 3 aromatic rings. The van der Waals surface area contributed by atoms with E-state index in [2.05, 4.69) is 33.4 Å². The Morgan fingerprint density at radius 2 is 1.52 bits per heavy atom. The average Bonchev–Trinajstić information content (AvgIpc) is 2.70. The second-order valence-electron chi connectivity index (χ2n) is 6.26. The molecule has 1 aliphatic rings. The largest absolute Gasteiger partial charge is 0.486 e. The third-order valence-electron chi connectivity index (χ3n) is 4.33. The highest BCUT2D eigenvalue weighted by Gasteiger charge is 2.16. The lowest BCUT2D eigenvalue weighted by Crippen LogP contribution is -2.17. The van der Waals surface area contributed by atoms with E-state index in [1.807, 2.05) is 48.5 Å². The van der Waals surface area contributed by atoms with Crippen LogP contribution in [-0.4, -0.2) is 19.1 Å². The fraction of sp³-hybridized carbons (Fsp3) is 0.136. The van der Waals surface area contributed by atoms with Gasteiger partial charge in [-0.3, -0.25) is 4.79 Å². The van der Waals surface area contributed by atoms with Crippen molar-refractivity contribution >= 4 is 27.5 Å². The molecular weight excluding hydrogens is 406 g/mol. The molecule has 0 aliphatic carbocycles. The molecule has 1 heterocycles. The molecule has 0 aromatic heterocycles. The Kier molecular flexibility index (Phi) is 5.12. The van der Waals surface area contributed by atoms with Gasteiger partial charge < -0.3 is 14.8 Å². The van der Waals surface area contributed by atoms with Crippen LogP contribution in [0, 0.1) is 0 Å². The summed E-state index contributed by atoms with van der Waals surface area (Å²) in [5.41, 5.74) is 3.93. The number of anilines is 1. The van der Waals surface area contributed by atoms with E-state index in [-0.39, 0.29) is 5.91 Å². The maximum atomic E-state index is 12.5. The third kappa shape index (κ3) is 4.14. The lowest BCUT2D eigenvalue weighted by atomic mass is 10.0. The van der Waals surface area contributed by atoms with E-state index >= 15 is 0 Å². The predicted molar refractivity (Wildman–Crippen MR) is 109 cm³/mol. The Bertz CT molecular complexity index is 955. The van der Waals surface area contributed by atoms with Gasteiger partial charge in [-0.25, -0.2) is 0 Å². The molecule has 0 radical (unpaired) electrons. The van der Waals surface area contributed by atoms with Crippen LogP contribution in [0.3, 0.4) is 0 Å². The summed E-state index contributed by atoms with van der Waals surface area (Å²) in [4.78, 5) is 12.5. The van der Waals surface area contributed by atoms with Gasteiger partial charge in [-0.15, -0.1) is 0 Å². The molecule has 0 bridgehead atoms. The van der Waals surface area contributed by atoms with Crippen molar-refractivity contribution in [3.63, 3.8) is 0 Å². The number of ether oxygens (including phenoxy) is 2. The second kappa shape index (κ2) is 7.84. The number of benzene rings is 3. The Morgan fingerprint density at radius 1 is 0.889 bits per heavy atom. The van der Waals surface area contributed by atoms with Gasteiger partial charge in [0.1, 0.15) is 13.2 Å². The van der Waals surface area contributed by atoms with Crippen LogP contribution in [0.25, 0.3) is 11.1 Å². The SMILES string of the molecule is O=C(Cc1ccc(-c2ccccc2)cc1)Nc1cc2c(cc1Br)OCCO2. The third-order valence-corrected chi connectivity index (χ3v) is 4.99. The molecule has 4 nitrogen and oxygen atoms in total. The lowest BCUT2D eigenvalue weighted by Gasteiger charge is -2.20. The molecule has 0 saturated heterocycles. The van der Waals surface area contributed by atoms with Gasteiger partial charge in [0.25, 0.3) is 0 Å². The van der Waals surface area contributed by atoms with Crippen molar-refractivity contribution < 1.29 is 14.3 Å². The van der Waals surface area contributed by atoms with E-state index in [4.69, 9.17) is 9.47 Å². The van der Waals surface area contributed by atoms with E-state index in [1.165, 1.54) is 0 Å². The zero-order valence-electron chi connectivity index (χ0n) is 14.6. The minimum atomic E-state index is -0.0835. The molecule has 3 aromatic carbocycles. The summed E-state index contributed by atoms with van der Waals surface area (Å²) in [6.07, 6.45) is 0.302. The van der Waals surface area contributed by atoms with Gasteiger partial charge in [0.05, 0.1) is 12.1 Å². The van der Waals surface area contributed by atoms with Crippen LogP contribution in [0.1, 0.15) is 5.56 Å². The van der Waals surface area contributed by atoms with Crippen molar-refractivity contribution in [2.24, 2.45) is 0 Å². The van der Waals surface area contributed by atoms with Crippen LogP contribution in [0.15, 0.2) is 71.2 Å². The van der Waals surface area contributed by atoms with Gasteiger partial charge in [-0.2, -0.15) is 0 Å². The molecule has 27 heavy (non-hydrogen) atoms. The van der Waals surface area contributed by atoms with Crippen LogP contribution in [0.4, 0.5) is 5.69 Å². The quantitative estimate of drug-likeness (QED) is 0.637. The first-order chi connectivity index (χ1) is 13.2. The molecule has 0 fully saturated rings. The van der Waals surface area contributed by atoms with E-state index in [0.29, 0.717) is 36.8 Å². The summed E-state index contributed by atoms with van der Waals surface area (Å²) in [5.74, 6) is 1.24. The molecule has 1 amide bonds. The predicted octanol–water partition coefficient (Wildman–Crippen LogP) is 5.07. The maximum Gasteiger partial charge on any atom is 0.228 e. The molecule has 0 spiro atoms. The molecular formula is C22H18BrNO3. The van der Waals surface area contributed by atoms with Gasteiger partial charge >= 0.3 is 0 Å². The Hall–Kier alpha value is -2.79. The number of halogens is 1. The normalized spacial score (nSPS) is 12.5. The summed E-state index contributed by atoms with van der Waals surface area (Å²) in [6.45, 7) is 1.04. The first-order valence-corrected chi connectivity index (χ1v) is 9.52. The number of hydrogen-bond donors (Lipinski definition) is 1. The summed E-state index contributed by atoms with van der Waals surface area (Å²) >= 11 is 3.47. The number of fused-ring (bicyclic) bond motifs is 1. The van der Waals surface area contributed by atoms with Crippen molar-refractivity contribution in [3.8, 4) is 22.6 Å². The van der Waals surface area contributed by atoms with Crippen molar-refractivity contribution in [2.45, 2.75) is 6.42 Å². The van der Waals surface area contributed by atoms with Crippen molar-refractivity contribution in [2.75, 3.05) is 18.5 Å². The first kappa shape index (κ1) is 17.6. The molecule has 1 aliphatic heterocycles. The highest BCUT2D eigenvalue weighted by Crippen LogP contribution is 2.38. The van der Waals surface area contributed by atoms with Crippen LogP contribution in [-0.2, 0) is 11.2 Å². The molecule has 0 saturated carbocycles. The van der Waals surface area contributed by atoms with E-state index in [0.717, 1.165) is 21.2 Å². The fourth-order valence-electron chi connectivity index (χ4n) is 2.99. The Labute approximate surface area is 166 Å². The van der Waals surface area contributed by atoms with Gasteiger partial charge in [0.2, 0.25) is 5.91 Å². The van der Waals surface area contributed by atoms with Crippen molar-refractivity contribution in [3.05, 3.63) is 76.8 Å². The molecule has 5 heteroatoms. The van der Waals surface area contributed by atoms with Gasteiger partial charge in [0, 0.05) is 16.6 Å².